The smallest absolute Gasteiger partial charge is 0.410 e. The van der Waals surface area contributed by atoms with Gasteiger partial charge in [0, 0.05) is 31.7 Å². The van der Waals surface area contributed by atoms with Gasteiger partial charge in [-0.2, -0.15) is 0 Å². The summed E-state index contributed by atoms with van der Waals surface area (Å²) in [7, 11) is 0. The average Bonchev–Trinajstić information content (AvgIpc) is 3.34. The number of carbonyl (C=O) groups excluding carboxylic acids is 3. The molecule has 0 aliphatic carbocycles. The molecule has 0 radical (unpaired) electrons. The third kappa shape index (κ3) is 5.64. The van der Waals surface area contributed by atoms with Gasteiger partial charge in [-0.15, -0.1) is 0 Å². The highest BCUT2D eigenvalue weighted by Gasteiger charge is 2.50. The number of amides is 3. The molecule has 2 aliphatic rings. The summed E-state index contributed by atoms with van der Waals surface area (Å²) in [4.78, 5) is 49.7. The number of benzene rings is 4. The minimum Gasteiger partial charge on any atom is -0.445 e. The lowest BCUT2D eigenvalue weighted by Gasteiger charge is -2.34. The predicted octanol–water partition coefficient (Wildman–Crippen LogP) is 4.38. The standard InChI is InChI=1S/C35H33N5O4/c36-33-37-35(29-15-6-2-7-16-29,30-17-8-3-9-18-30)32(42)40(33)24-27-13-10-14-28(23-27)31(41)38-19-21-39(22-20-38)34(43)44-25-26-11-4-1-5-12-26/h1-18,23H,19-22,24-25H2,(H2,36,37). The van der Waals surface area contributed by atoms with Crippen LogP contribution in [0.25, 0.3) is 0 Å². The van der Waals surface area contributed by atoms with Crippen molar-refractivity contribution >= 4 is 23.9 Å². The summed E-state index contributed by atoms with van der Waals surface area (Å²) in [6.07, 6.45) is -0.389. The lowest BCUT2D eigenvalue weighted by Crippen LogP contribution is -2.50. The molecule has 0 unspecified atom stereocenters. The molecule has 2 N–H and O–H groups in total. The van der Waals surface area contributed by atoms with E-state index in [9.17, 15) is 14.4 Å². The highest BCUT2D eigenvalue weighted by molar-refractivity contribution is 6.09. The first-order valence-corrected chi connectivity index (χ1v) is 14.6. The van der Waals surface area contributed by atoms with Crippen LogP contribution in [0.4, 0.5) is 4.79 Å². The van der Waals surface area contributed by atoms with Gasteiger partial charge in [0.25, 0.3) is 11.8 Å². The zero-order valence-electron chi connectivity index (χ0n) is 24.2. The number of aliphatic imine (C=N–C) groups is 1. The fourth-order valence-corrected chi connectivity index (χ4v) is 5.70. The largest absolute Gasteiger partial charge is 0.445 e. The molecule has 0 bridgehead atoms. The molecule has 4 aromatic carbocycles. The number of carbonyl (C=O) groups is 3. The van der Waals surface area contributed by atoms with E-state index in [-0.39, 0.29) is 37.0 Å². The molecule has 0 atom stereocenters. The Hall–Kier alpha value is -5.44. The normalized spacial score (nSPS) is 16.0. The number of ether oxygens (including phenoxy) is 1. The molecule has 1 fully saturated rings. The van der Waals surface area contributed by atoms with Gasteiger partial charge in [0.2, 0.25) is 0 Å². The van der Waals surface area contributed by atoms with E-state index in [1.807, 2.05) is 97.1 Å². The van der Waals surface area contributed by atoms with Crippen LogP contribution >= 0.6 is 0 Å². The highest BCUT2D eigenvalue weighted by atomic mass is 16.6. The Morgan fingerprint density at radius 2 is 1.27 bits per heavy atom. The van der Waals surface area contributed by atoms with Gasteiger partial charge in [0.1, 0.15) is 6.61 Å². The van der Waals surface area contributed by atoms with Crippen LogP contribution < -0.4 is 5.73 Å². The highest BCUT2D eigenvalue weighted by Crippen LogP contribution is 2.40. The molecule has 222 valence electrons. The lowest BCUT2D eigenvalue weighted by atomic mass is 9.83. The maximum atomic E-state index is 14.1. The fraction of sp³-hybridized carbons (Fsp3) is 0.200. The Balaban J connectivity index is 1.12. The predicted molar refractivity (Wildman–Crippen MR) is 166 cm³/mol. The van der Waals surface area contributed by atoms with Gasteiger partial charge in [-0.05, 0) is 34.4 Å². The van der Waals surface area contributed by atoms with Crippen LogP contribution in [0.1, 0.15) is 32.6 Å². The molecular formula is C35H33N5O4. The van der Waals surface area contributed by atoms with E-state index < -0.39 is 5.54 Å². The molecule has 6 rings (SSSR count). The molecule has 0 spiro atoms. The molecule has 1 saturated heterocycles. The summed E-state index contributed by atoms with van der Waals surface area (Å²) in [5.41, 5.74) is 8.76. The Morgan fingerprint density at radius 3 is 1.89 bits per heavy atom. The van der Waals surface area contributed by atoms with Crippen LogP contribution in [-0.4, -0.2) is 64.7 Å². The first-order chi connectivity index (χ1) is 21.5. The Kier molecular flexibility index (Phi) is 8.10. The average molecular weight is 588 g/mol. The summed E-state index contributed by atoms with van der Waals surface area (Å²) < 4.78 is 5.45. The Bertz CT molecular complexity index is 1630. The van der Waals surface area contributed by atoms with Crippen LogP contribution in [0.3, 0.4) is 0 Å². The second kappa shape index (κ2) is 12.4. The van der Waals surface area contributed by atoms with Crippen LogP contribution in [0.5, 0.6) is 0 Å². The van der Waals surface area contributed by atoms with Crippen LogP contribution in [0.15, 0.2) is 120 Å². The van der Waals surface area contributed by atoms with Crippen molar-refractivity contribution in [1.29, 1.82) is 0 Å². The molecule has 2 heterocycles. The maximum absolute atomic E-state index is 14.1. The third-order valence-electron chi connectivity index (χ3n) is 8.04. The number of nitrogens with zero attached hydrogens (tertiary/aromatic N) is 4. The SMILES string of the molecule is NC1=NC(c2ccccc2)(c2ccccc2)C(=O)N1Cc1cccc(C(=O)N2CCN(C(=O)OCc3ccccc3)CC2)c1. The molecule has 44 heavy (non-hydrogen) atoms. The van der Waals surface area contributed by atoms with Gasteiger partial charge in [0.15, 0.2) is 11.5 Å². The first kappa shape index (κ1) is 28.7. The molecule has 2 aliphatic heterocycles. The van der Waals surface area contributed by atoms with E-state index >= 15 is 0 Å². The van der Waals surface area contributed by atoms with E-state index in [0.29, 0.717) is 31.7 Å². The zero-order valence-corrected chi connectivity index (χ0v) is 24.2. The molecule has 9 nitrogen and oxygen atoms in total. The second-order valence-electron chi connectivity index (χ2n) is 10.8. The first-order valence-electron chi connectivity index (χ1n) is 14.6. The van der Waals surface area contributed by atoms with Gasteiger partial charge in [-0.3, -0.25) is 14.5 Å². The maximum Gasteiger partial charge on any atom is 0.410 e. The van der Waals surface area contributed by atoms with Gasteiger partial charge >= 0.3 is 6.09 Å². The third-order valence-corrected chi connectivity index (χ3v) is 8.04. The summed E-state index contributed by atoms with van der Waals surface area (Å²) in [5.74, 6) is -0.268. The fourth-order valence-electron chi connectivity index (χ4n) is 5.70. The molecule has 3 amide bonds. The summed E-state index contributed by atoms with van der Waals surface area (Å²) in [5, 5.41) is 0. The summed E-state index contributed by atoms with van der Waals surface area (Å²) in [6.45, 7) is 1.93. The Labute approximate surface area is 256 Å². The van der Waals surface area contributed by atoms with Crippen molar-refractivity contribution in [2.75, 3.05) is 26.2 Å². The van der Waals surface area contributed by atoms with Gasteiger partial charge in [-0.1, -0.05) is 103 Å². The van der Waals surface area contributed by atoms with E-state index in [0.717, 1.165) is 22.3 Å². The van der Waals surface area contributed by atoms with Crippen LogP contribution in [-0.2, 0) is 28.2 Å². The lowest BCUT2D eigenvalue weighted by molar-refractivity contribution is -0.130. The van der Waals surface area contributed by atoms with Gasteiger partial charge < -0.3 is 20.3 Å². The van der Waals surface area contributed by atoms with Crippen molar-refractivity contribution in [3.63, 3.8) is 0 Å². The number of rotatable bonds is 7. The summed E-state index contributed by atoms with van der Waals surface area (Å²) >= 11 is 0. The molecular weight excluding hydrogens is 554 g/mol. The van der Waals surface area contributed by atoms with Gasteiger partial charge in [-0.25, -0.2) is 9.79 Å². The van der Waals surface area contributed by atoms with Crippen molar-refractivity contribution < 1.29 is 19.1 Å². The summed E-state index contributed by atoms with van der Waals surface area (Å²) in [6, 6.07) is 35.6. The number of hydrogen-bond donors (Lipinski definition) is 1. The van der Waals surface area contributed by atoms with E-state index in [4.69, 9.17) is 15.5 Å². The van der Waals surface area contributed by atoms with Crippen LogP contribution in [0.2, 0.25) is 0 Å². The van der Waals surface area contributed by atoms with Crippen molar-refractivity contribution in [1.82, 2.24) is 14.7 Å². The second-order valence-corrected chi connectivity index (χ2v) is 10.8. The topological polar surface area (TPSA) is 109 Å². The van der Waals surface area contributed by atoms with Gasteiger partial charge in [0.05, 0.1) is 6.54 Å². The minimum absolute atomic E-state index is 0.120. The molecule has 9 heteroatoms. The number of hydrogen-bond acceptors (Lipinski definition) is 6. The van der Waals surface area contributed by atoms with Crippen LogP contribution in [0, 0.1) is 0 Å². The molecule has 0 saturated carbocycles. The Morgan fingerprint density at radius 1 is 0.727 bits per heavy atom. The van der Waals surface area contributed by atoms with Crippen molar-refractivity contribution in [3.05, 3.63) is 143 Å². The molecule has 4 aromatic rings. The number of piperazine rings is 1. The van der Waals surface area contributed by atoms with Crippen molar-refractivity contribution in [2.24, 2.45) is 10.7 Å². The number of guanidine groups is 1. The van der Waals surface area contributed by atoms with E-state index in [1.165, 1.54) is 4.90 Å². The van der Waals surface area contributed by atoms with Crippen molar-refractivity contribution in [2.45, 2.75) is 18.7 Å². The monoisotopic (exact) mass is 587 g/mol. The van der Waals surface area contributed by atoms with Crippen molar-refractivity contribution in [3.8, 4) is 0 Å². The molecule has 0 aromatic heterocycles. The minimum atomic E-state index is -1.29. The quantitative estimate of drug-likeness (QED) is 0.345. The van der Waals surface area contributed by atoms with E-state index in [2.05, 4.69) is 0 Å². The van der Waals surface area contributed by atoms with E-state index in [1.54, 1.807) is 28.0 Å². The zero-order chi connectivity index (χ0) is 30.5. The number of nitrogens with two attached hydrogens (primary N) is 1.